The molecule has 0 aliphatic carbocycles. The number of carbonyl (C=O) groups excluding carboxylic acids is 2. The van der Waals surface area contributed by atoms with Gasteiger partial charge in [0.05, 0.1) is 12.2 Å². The lowest BCUT2D eigenvalue weighted by molar-refractivity contribution is -0.171. The molecule has 0 spiro atoms. The van der Waals surface area contributed by atoms with Crippen LogP contribution in [0.5, 0.6) is 0 Å². The predicted octanol–water partition coefficient (Wildman–Crippen LogP) is 1.77. The maximum absolute atomic E-state index is 12.7. The second-order valence-corrected chi connectivity index (χ2v) is 7.64. The quantitative estimate of drug-likeness (QED) is 0.734. The van der Waals surface area contributed by atoms with E-state index in [4.69, 9.17) is 4.74 Å². The minimum Gasteiger partial charge on any atom is -0.372 e. The molecule has 2 N–H and O–H groups in total. The standard InChI is InChI=1S/C19H25F3N4O3/c1-11-9-26(10-12(2)29-11)16-6-3-13(7-23-16)8-24-17(27)14-4-5-15(19(20,21)22)25-18(14)28/h3,6-7,11-12,14-15H,4-5,8-10H2,1-2H3,(H,24,27)(H,25,28). The van der Waals surface area contributed by atoms with Crippen LogP contribution in [-0.4, -0.2) is 54.3 Å². The van der Waals surface area contributed by atoms with Crippen LogP contribution in [0.4, 0.5) is 19.0 Å². The molecule has 10 heteroatoms. The zero-order chi connectivity index (χ0) is 21.2. The summed E-state index contributed by atoms with van der Waals surface area (Å²) in [6.45, 7) is 5.64. The van der Waals surface area contributed by atoms with E-state index in [1.54, 1.807) is 6.20 Å². The van der Waals surface area contributed by atoms with Crippen molar-refractivity contribution in [3.8, 4) is 0 Å². The number of hydrogen-bond acceptors (Lipinski definition) is 5. The average Bonchev–Trinajstić information content (AvgIpc) is 2.65. The van der Waals surface area contributed by atoms with E-state index >= 15 is 0 Å². The van der Waals surface area contributed by atoms with Gasteiger partial charge < -0.3 is 20.3 Å². The Balaban J connectivity index is 1.51. The largest absolute Gasteiger partial charge is 0.408 e. The summed E-state index contributed by atoms with van der Waals surface area (Å²) in [5, 5.41) is 4.49. The van der Waals surface area contributed by atoms with Crippen LogP contribution in [0, 0.1) is 5.92 Å². The number of ether oxygens (including phenoxy) is 1. The summed E-state index contributed by atoms with van der Waals surface area (Å²) in [6, 6.07) is 1.79. The van der Waals surface area contributed by atoms with Gasteiger partial charge in [-0.2, -0.15) is 13.2 Å². The fraction of sp³-hybridized carbons (Fsp3) is 0.632. The van der Waals surface area contributed by atoms with Gasteiger partial charge in [-0.3, -0.25) is 9.59 Å². The minimum atomic E-state index is -4.50. The van der Waals surface area contributed by atoms with Gasteiger partial charge in [0.1, 0.15) is 17.8 Å². The summed E-state index contributed by atoms with van der Waals surface area (Å²) in [4.78, 5) is 30.7. The predicted molar refractivity (Wildman–Crippen MR) is 99.0 cm³/mol. The monoisotopic (exact) mass is 414 g/mol. The van der Waals surface area contributed by atoms with E-state index in [0.29, 0.717) is 0 Å². The van der Waals surface area contributed by atoms with Gasteiger partial charge in [0.15, 0.2) is 0 Å². The van der Waals surface area contributed by atoms with Crippen LogP contribution in [0.1, 0.15) is 32.3 Å². The molecule has 2 aliphatic heterocycles. The summed E-state index contributed by atoms with van der Waals surface area (Å²) in [5.41, 5.74) is 0.737. The molecule has 3 rings (SSSR count). The molecule has 2 amide bonds. The number of pyridine rings is 1. The molecule has 1 aromatic rings. The maximum atomic E-state index is 12.7. The van der Waals surface area contributed by atoms with Crippen molar-refractivity contribution in [1.82, 2.24) is 15.6 Å². The van der Waals surface area contributed by atoms with Gasteiger partial charge in [-0.05, 0) is 38.3 Å². The first-order valence-electron chi connectivity index (χ1n) is 9.63. The second-order valence-electron chi connectivity index (χ2n) is 7.64. The first-order chi connectivity index (χ1) is 13.6. The van der Waals surface area contributed by atoms with Crippen LogP contribution in [0.15, 0.2) is 18.3 Å². The van der Waals surface area contributed by atoms with Gasteiger partial charge >= 0.3 is 6.18 Å². The molecule has 0 aromatic carbocycles. The molecule has 29 heavy (non-hydrogen) atoms. The van der Waals surface area contributed by atoms with Crippen LogP contribution in [0.2, 0.25) is 0 Å². The zero-order valence-corrected chi connectivity index (χ0v) is 16.3. The number of aromatic nitrogens is 1. The molecule has 2 fully saturated rings. The van der Waals surface area contributed by atoms with Crippen LogP contribution < -0.4 is 15.5 Å². The third-order valence-electron chi connectivity index (χ3n) is 5.11. The summed E-state index contributed by atoms with van der Waals surface area (Å²) < 4.78 is 43.8. The number of nitrogens with one attached hydrogen (secondary N) is 2. The van der Waals surface area contributed by atoms with Gasteiger partial charge in [-0.1, -0.05) is 6.07 Å². The zero-order valence-electron chi connectivity index (χ0n) is 16.3. The van der Waals surface area contributed by atoms with Crippen molar-refractivity contribution in [1.29, 1.82) is 0 Å². The number of rotatable bonds is 4. The number of hydrogen-bond donors (Lipinski definition) is 2. The van der Waals surface area contributed by atoms with Gasteiger partial charge in [-0.25, -0.2) is 4.98 Å². The Morgan fingerprint density at radius 3 is 2.52 bits per heavy atom. The van der Waals surface area contributed by atoms with Gasteiger partial charge in [-0.15, -0.1) is 0 Å². The highest BCUT2D eigenvalue weighted by Crippen LogP contribution is 2.28. The van der Waals surface area contributed by atoms with Crippen LogP contribution in [0.3, 0.4) is 0 Å². The fourth-order valence-corrected chi connectivity index (χ4v) is 3.69. The number of carbonyl (C=O) groups is 2. The van der Waals surface area contributed by atoms with E-state index in [9.17, 15) is 22.8 Å². The van der Waals surface area contributed by atoms with Crippen LogP contribution in [0.25, 0.3) is 0 Å². The smallest absolute Gasteiger partial charge is 0.372 e. The second kappa shape index (κ2) is 8.56. The number of piperidine rings is 1. The minimum absolute atomic E-state index is 0.109. The molecule has 0 saturated carbocycles. The van der Waals surface area contributed by atoms with E-state index in [1.807, 2.05) is 31.3 Å². The normalized spacial score (nSPS) is 28.0. The van der Waals surface area contributed by atoms with E-state index < -0.39 is 30.0 Å². The molecule has 7 nitrogen and oxygen atoms in total. The summed E-state index contributed by atoms with van der Waals surface area (Å²) in [7, 11) is 0. The van der Waals surface area contributed by atoms with Gasteiger partial charge in [0, 0.05) is 25.8 Å². The van der Waals surface area contributed by atoms with Crippen molar-refractivity contribution < 1.29 is 27.5 Å². The van der Waals surface area contributed by atoms with Crippen molar-refractivity contribution in [3.05, 3.63) is 23.9 Å². The number of amides is 2. The van der Waals surface area contributed by atoms with Crippen molar-refractivity contribution in [2.75, 3.05) is 18.0 Å². The molecule has 0 bridgehead atoms. The lowest BCUT2D eigenvalue weighted by Gasteiger charge is -2.36. The van der Waals surface area contributed by atoms with Crippen LogP contribution >= 0.6 is 0 Å². The molecule has 160 valence electrons. The molecule has 2 aliphatic rings. The Bertz CT molecular complexity index is 731. The first kappa shape index (κ1) is 21.4. The Morgan fingerprint density at radius 1 is 1.28 bits per heavy atom. The number of halogens is 3. The van der Waals surface area contributed by atoms with E-state index in [2.05, 4.69) is 15.2 Å². The Hall–Kier alpha value is -2.36. The Labute approximate surface area is 167 Å². The molecule has 3 heterocycles. The molecular weight excluding hydrogens is 389 g/mol. The number of alkyl halides is 3. The van der Waals surface area contributed by atoms with Crippen molar-refractivity contribution >= 4 is 17.6 Å². The third-order valence-corrected chi connectivity index (χ3v) is 5.11. The van der Waals surface area contributed by atoms with Gasteiger partial charge in [0.25, 0.3) is 0 Å². The molecule has 0 radical (unpaired) electrons. The Morgan fingerprint density at radius 2 is 1.97 bits per heavy atom. The SMILES string of the molecule is CC1CN(c2ccc(CNC(=O)C3CCC(C(F)(F)F)NC3=O)cn2)CC(C)O1. The third kappa shape index (κ3) is 5.37. The first-order valence-corrected chi connectivity index (χ1v) is 9.63. The number of morpholine rings is 1. The highest BCUT2D eigenvalue weighted by atomic mass is 19.4. The molecular formula is C19H25F3N4O3. The molecule has 4 unspecified atom stereocenters. The van der Waals surface area contributed by atoms with Crippen molar-refractivity contribution in [2.45, 2.75) is 57.7 Å². The molecule has 1 aromatic heterocycles. The van der Waals surface area contributed by atoms with E-state index in [0.717, 1.165) is 24.5 Å². The average molecular weight is 414 g/mol. The lowest BCUT2D eigenvalue weighted by atomic mass is 9.93. The topological polar surface area (TPSA) is 83.6 Å². The highest BCUT2D eigenvalue weighted by molar-refractivity contribution is 6.00. The van der Waals surface area contributed by atoms with Crippen molar-refractivity contribution in [3.63, 3.8) is 0 Å². The maximum Gasteiger partial charge on any atom is 0.408 e. The molecule has 2 saturated heterocycles. The summed E-state index contributed by atoms with van der Waals surface area (Å²) in [5.74, 6) is -1.77. The van der Waals surface area contributed by atoms with E-state index in [-0.39, 0.29) is 31.6 Å². The molecule has 4 atom stereocenters. The van der Waals surface area contributed by atoms with Crippen LogP contribution in [-0.2, 0) is 20.9 Å². The highest BCUT2D eigenvalue weighted by Gasteiger charge is 2.45. The van der Waals surface area contributed by atoms with E-state index in [1.165, 1.54) is 0 Å². The summed E-state index contributed by atoms with van der Waals surface area (Å²) >= 11 is 0. The van der Waals surface area contributed by atoms with Gasteiger partial charge in [0.2, 0.25) is 11.8 Å². The van der Waals surface area contributed by atoms with Crippen molar-refractivity contribution in [2.24, 2.45) is 5.92 Å². The Kier molecular flexibility index (Phi) is 6.30. The number of nitrogens with zero attached hydrogens (tertiary/aromatic N) is 2. The number of anilines is 1. The lowest BCUT2D eigenvalue weighted by Crippen LogP contribution is -2.54. The summed E-state index contributed by atoms with van der Waals surface area (Å²) in [6.07, 6.45) is -3.08. The fourth-order valence-electron chi connectivity index (χ4n) is 3.69.